The standard InChI is InChI=1S/C15H16N2O3/c16-10-12(15(20)17-6-2-1-3-7-17)8-11-4-5-13(18)14(19)9-11/h4-5,8-9,18-19H,1-3,6-7H2/b12-8-. The molecule has 1 aromatic rings. The lowest BCUT2D eigenvalue weighted by molar-refractivity contribution is -0.127. The van der Waals surface area contributed by atoms with Gasteiger partial charge in [0.1, 0.15) is 11.6 Å². The molecule has 1 fully saturated rings. The molecule has 1 amide bonds. The van der Waals surface area contributed by atoms with E-state index in [0.717, 1.165) is 19.3 Å². The molecule has 0 aliphatic carbocycles. The molecule has 2 N–H and O–H groups in total. The lowest BCUT2D eigenvalue weighted by Crippen LogP contribution is -2.36. The number of rotatable bonds is 2. The molecule has 0 radical (unpaired) electrons. The van der Waals surface area contributed by atoms with Crippen molar-refractivity contribution < 1.29 is 15.0 Å². The highest BCUT2D eigenvalue weighted by Crippen LogP contribution is 2.26. The molecule has 2 rings (SSSR count). The third-order valence-corrected chi connectivity index (χ3v) is 3.30. The highest BCUT2D eigenvalue weighted by molar-refractivity contribution is 6.01. The molecule has 1 aromatic carbocycles. The summed E-state index contributed by atoms with van der Waals surface area (Å²) in [6.07, 6.45) is 4.46. The SMILES string of the molecule is N#C/C(=C/c1ccc(O)c(O)c1)C(=O)N1CCCCC1. The number of amides is 1. The maximum absolute atomic E-state index is 12.2. The average molecular weight is 272 g/mol. The summed E-state index contributed by atoms with van der Waals surface area (Å²) < 4.78 is 0. The fraction of sp³-hybridized carbons (Fsp3) is 0.333. The van der Waals surface area contributed by atoms with Crippen molar-refractivity contribution in [1.29, 1.82) is 5.26 Å². The van der Waals surface area contributed by atoms with Crippen molar-refractivity contribution in [1.82, 2.24) is 4.90 Å². The highest BCUT2D eigenvalue weighted by atomic mass is 16.3. The molecule has 1 saturated heterocycles. The Morgan fingerprint density at radius 1 is 1.20 bits per heavy atom. The summed E-state index contributed by atoms with van der Waals surface area (Å²) in [5.74, 6) is -0.788. The number of phenols is 2. The van der Waals surface area contributed by atoms with Gasteiger partial charge in [-0.05, 0) is 43.0 Å². The number of nitriles is 1. The molecule has 5 heteroatoms. The Bertz CT molecular complexity index is 581. The maximum atomic E-state index is 12.2. The molecule has 20 heavy (non-hydrogen) atoms. The van der Waals surface area contributed by atoms with Gasteiger partial charge in [-0.15, -0.1) is 0 Å². The Morgan fingerprint density at radius 2 is 1.90 bits per heavy atom. The third-order valence-electron chi connectivity index (χ3n) is 3.30. The molecule has 0 bridgehead atoms. The molecule has 1 aliphatic heterocycles. The minimum atomic E-state index is -0.278. The first kappa shape index (κ1) is 13.9. The Morgan fingerprint density at radius 3 is 2.50 bits per heavy atom. The fourth-order valence-corrected chi connectivity index (χ4v) is 2.21. The first-order valence-electron chi connectivity index (χ1n) is 6.55. The van der Waals surface area contributed by atoms with E-state index in [9.17, 15) is 15.0 Å². The van der Waals surface area contributed by atoms with Gasteiger partial charge in [0.15, 0.2) is 11.5 Å². The van der Waals surface area contributed by atoms with Gasteiger partial charge in [-0.3, -0.25) is 4.79 Å². The van der Waals surface area contributed by atoms with Crippen LogP contribution in [0.15, 0.2) is 23.8 Å². The molecule has 1 heterocycles. The van der Waals surface area contributed by atoms with Crippen molar-refractivity contribution in [2.24, 2.45) is 0 Å². The summed E-state index contributed by atoms with van der Waals surface area (Å²) in [5.41, 5.74) is 0.541. The highest BCUT2D eigenvalue weighted by Gasteiger charge is 2.20. The molecule has 104 valence electrons. The second-order valence-electron chi connectivity index (χ2n) is 4.77. The summed E-state index contributed by atoms with van der Waals surface area (Å²) in [5, 5.41) is 27.8. The van der Waals surface area contributed by atoms with Gasteiger partial charge in [0.2, 0.25) is 0 Å². The van der Waals surface area contributed by atoms with E-state index in [1.54, 1.807) is 4.90 Å². The first-order chi connectivity index (χ1) is 9.61. The van der Waals surface area contributed by atoms with Crippen LogP contribution in [0.3, 0.4) is 0 Å². The Labute approximate surface area is 117 Å². The predicted molar refractivity (Wildman–Crippen MR) is 73.8 cm³/mol. The Kier molecular flexibility index (Phi) is 4.26. The molecule has 0 aromatic heterocycles. The zero-order chi connectivity index (χ0) is 14.5. The van der Waals surface area contributed by atoms with Crippen molar-refractivity contribution in [3.63, 3.8) is 0 Å². The van der Waals surface area contributed by atoms with E-state index in [2.05, 4.69) is 0 Å². The normalized spacial score (nSPS) is 15.8. The van der Waals surface area contributed by atoms with Crippen LogP contribution in [0, 0.1) is 11.3 Å². The quantitative estimate of drug-likeness (QED) is 0.490. The minimum absolute atomic E-state index is 0.0389. The van der Waals surface area contributed by atoms with Gasteiger partial charge in [0.25, 0.3) is 5.91 Å². The number of hydrogen-bond acceptors (Lipinski definition) is 4. The summed E-state index contributed by atoms with van der Waals surface area (Å²) in [6, 6.07) is 6.08. The monoisotopic (exact) mass is 272 g/mol. The zero-order valence-corrected chi connectivity index (χ0v) is 11.0. The van der Waals surface area contributed by atoms with Gasteiger partial charge in [-0.1, -0.05) is 6.07 Å². The van der Waals surface area contributed by atoms with Crippen molar-refractivity contribution in [3.05, 3.63) is 29.3 Å². The van der Waals surface area contributed by atoms with Crippen molar-refractivity contribution >= 4 is 12.0 Å². The van der Waals surface area contributed by atoms with Crippen LogP contribution in [-0.2, 0) is 4.79 Å². The summed E-state index contributed by atoms with van der Waals surface area (Å²) in [6.45, 7) is 1.36. The Hall–Kier alpha value is -2.48. The molecular formula is C15H16N2O3. The van der Waals surface area contributed by atoms with Crippen LogP contribution in [0.2, 0.25) is 0 Å². The number of aromatic hydroxyl groups is 2. The van der Waals surface area contributed by atoms with Crippen LogP contribution in [0.1, 0.15) is 24.8 Å². The van der Waals surface area contributed by atoms with Gasteiger partial charge in [-0.2, -0.15) is 5.26 Å². The number of carbonyl (C=O) groups excluding carboxylic acids is 1. The molecule has 1 aliphatic rings. The second kappa shape index (κ2) is 6.11. The van der Waals surface area contributed by atoms with Crippen molar-refractivity contribution in [3.8, 4) is 17.6 Å². The summed E-state index contributed by atoms with van der Waals surface area (Å²) >= 11 is 0. The van der Waals surface area contributed by atoms with E-state index in [0.29, 0.717) is 18.7 Å². The number of hydrogen-bond donors (Lipinski definition) is 2. The lowest BCUT2D eigenvalue weighted by Gasteiger charge is -2.26. The molecular weight excluding hydrogens is 256 g/mol. The van der Waals surface area contributed by atoms with E-state index in [1.165, 1.54) is 24.3 Å². The molecule has 0 unspecified atom stereocenters. The number of nitrogens with zero attached hydrogens (tertiary/aromatic N) is 2. The van der Waals surface area contributed by atoms with Crippen molar-refractivity contribution in [2.75, 3.05) is 13.1 Å². The van der Waals surface area contributed by atoms with Crippen LogP contribution in [0.25, 0.3) is 6.08 Å². The van der Waals surface area contributed by atoms with Gasteiger partial charge < -0.3 is 15.1 Å². The smallest absolute Gasteiger partial charge is 0.264 e. The van der Waals surface area contributed by atoms with Gasteiger partial charge >= 0.3 is 0 Å². The lowest BCUT2D eigenvalue weighted by atomic mass is 10.1. The van der Waals surface area contributed by atoms with E-state index in [1.807, 2.05) is 6.07 Å². The van der Waals surface area contributed by atoms with Gasteiger partial charge in [0, 0.05) is 13.1 Å². The third kappa shape index (κ3) is 3.09. The molecule has 0 saturated carbocycles. The molecule has 0 atom stereocenters. The van der Waals surface area contributed by atoms with E-state index < -0.39 is 0 Å². The summed E-state index contributed by atoms with van der Waals surface area (Å²) in [7, 11) is 0. The van der Waals surface area contributed by atoms with E-state index >= 15 is 0 Å². The van der Waals surface area contributed by atoms with Crippen LogP contribution < -0.4 is 0 Å². The van der Waals surface area contributed by atoms with Crippen molar-refractivity contribution in [2.45, 2.75) is 19.3 Å². The fourth-order valence-electron chi connectivity index (χ4n) is 2.21. The van der Waals surface area contributed by atoms with Crippen LogP contribution >= 0.6 is 0 Å². The van der Waals surface area contributed by atoms with Gasteiger partial charge in [-0.25, -0.2) is 0 Å². The number of piperidine rings is 1. The van der Waals surface area contributed by atoms with E-state index in [-0.39, 0.29) is 23.0 Å². The van der Waals surface area contributed by atoms with Crippen LogP contribution in [0.4, 0.5) is 0 Å². The Balaban J connectivity index is 2.22. The van der Waals surface area contributed by atoms with E-state index in [4.69, 9.17) is 5.26 Å². The number of likely N-dealkylation sites (tertiary alicyclic amines) is 1. The number of benzene rings is 1. The molecule has 5 nitrogen and oxygen atoms in total. The summed E-state index contributed by atoms with van der Waals surface area (Å²) in [4.78, 5) is 13.9. The largest absolute Gasteiger partial charge is 0.504 e. The minimum Gasteiger partial charge on any atom is -0.504 e. The predicted octanol–water partition coefficient (Wildman–Crippen LogP) is 2.02. The van der Waals surface area contributed by atoms with Crippen LogP contribution in [-0.4, -0.2) is 34.1 Å². The number of carbonyl (C=O) groups is 1. The van der Waals surface area contributed by atoms with Gasteiger partial charge in [0.05, 0.1) is 0 Å². The second-order valence-corrected chi connectivity index (χ2v) is 4.77. The first-order valence-corrected chi connectivity index (χ1v) is 6.55. The zero-order valence-electron chi connectivity index (χ0n) is 11.0. The van der Waals surface area contributed by atoms with Crippen LogP contribution in [0.5, 0.6) is 11.5 Å². The topological polar surface area (TPSA) is 84.6 Å². The number of phenolic OH excluding ortho intramolecular Hbond substituents is 2. The maximum Gasteiger partial charge on any atom is 0.264 e. The molecule has 0 spiro atoms. The average Bonchev–Trinajstić information content (AvgIpc) is 2.48.